The first kappa shape index (κ1) is 23.3. The van der Waals surface area contributed by atoms with Crippen molar-refractivity contribution in [1.29, 1.82) is 0 Å². The van der Waals surface area contributed by atoms with E-state index in [1.165, 1.54) is 5.70 Å². The summed E-state index contributed by atoms with van der Waals surface area (Å²) in [6.07, 6.45) is 6.60. The minimum atomic E-state index is -0.300. The zero-order valence-corrected chi connectivity index (χ0v) is 19.4. The number of hydrogen-bond acceptors (Lipinski definition) is 5. The maximum Gasteiger partial charge on any atom is 0.323 e. The molecule has 0 saturated heterocycles. The van der Waals surface area contributed by atoms with Gasteiger partial charge in [0.1, 0.15) is 5.78 Å². The van der Waals surface area contributed by atoms with E-state index < -0.39 is 0 Å². The highest BCUT2D eigenvalue weighted by atomic mass is 16.2. The molecule has 170 valence electrons. The molecule has 0 spiro atoms. The number of nitrogens with zero attached hydrogens (tertiary/aromatic N) is 2. The molecule has 1 aliphatic heterocycles. The Bertz CT molecular complexity index is 984. The van der Waals surface area contributed by atoms with E-state index in [0.717, 1.165) is 41.8 Å². The van der Waals surface area contributed by atoms with Crippen molar-refractivity contribution in [1.82, 2.24) is 10.5 Å². The predicted octanol–water partition coefficient (Wildman–Crippen LogP) is 5.36. The minimum absolute atomic E-state index is 0.157. The van der Waals surface area contributed by atoms with Gasteiger partial charge in [-0.25, -0.2) is 4.79 Å². The van der Waals surface area contributed by atoms with Crippen LogP contribution in [-0.4, -0.2) is 24.0 Å². The molecule has 0 aliphatic carbocycles. The van der Waals surface area contributed by atoms with Gasteiger partial charge in [0.25, 0.3) is 0 Å². The molecule has 0 atom stereocenters. The summed E-state index contributed by atoms with van der Waals surface area (Å²) in [6, 6.07) is 13.3. The molecule has 1 heterocycles. The maximum atomic E-state index is 12.5. The van der Waals surface area contributed by atoms with Crippen molar-refractivity contribution in [2.24, 2.45) is 0 Å². The highest BCUT2D eigenvalue weighted by Crippen LogP contribution is 2.24. The van der Waals surface area contributed by atoms with Crippen LogP contribution in [0.15, 0.2) is 54.4 Å². The Kier molecular flexibility index (Phi) is 7.89. The summed E-state index contributed by atoms with van der Waals surface area (Å²) in [5.41, 5.74) is 9.01. The van der Waals surface area contributed by atoms with Gasteiger partial charge in [0.05, 0.1) is 5.69 Å². The van der Waals surface area contributed by atoms with Crippen LogP contribution < -0.4 is 21.1 Å². The Morgan fingerprint density at radius 2 is 1.78 bits per heavy atom. The molecule has 2 amide bonds. The Hall–Kier alpha value is -3.32. The SMILES string of the molecule is CCCCC1=CN(c2ccc(NC(=O)Nc3cc(CCC(C)=O)ccc3C)cc2)N(C)N1. The number of aryl methyl sites for hydroxylation is 2. The molecule has 7 heteroatoms. The molecule has 3 rings (SSSR count). The third-order valence-electron chi connectivity index (χ3n) is 5.41. The third kappa shape index (κ3) is 6.34. The Morgan fingerprint density at radius 1 is 1.03 bits per heavy atom. The summed E-state index contributed by atoms with van der Waals surface area (Å²) in [7, 11) is 1.97. The molecule has 3 N–H and O–H groups in total. The van der Waals surface area contributed by atoms with Crippen LogP contribution in [0.4, 0.5) is 21.9 Å². The zero-order valence-electron chi connectivity index (χ0n) is 19.4. The number of carbonyl (C=O) groups excluding carboxylic acids is 2. The normalized spacial score (nSPS) is 13.5. The van der Waals surface area contributed by atoms with Gasteiger partial charge in [-0.3, -0.25) is 5.01 Å². The van der Waals surface area contributed by atoms with Crippen LogP contribution in [0.25, 0.3) is 0 Å². The van der Waals surface area contributed by atoms with E-state index in [1.54, 1.807) is 6.92 Å². The van der Waals surface area contributed by atoms with Crippen molar-refractivity contribution in [3.05, 3.63) is 65.5 Å². The first-order chi connectivity index (χ1) is 15.4. The van der Waals surface area contributed by atoms with Crippen LogP contribution in [0.2, 0.25) is 0 Å². The molecule has 0 bridgehead atoms. The summed E-state index contributed by atoms with van der Waals surface area (Å²) >= 11 is 0. The number of amides is 2. The fourth-order valence-corrected chi connectivity index (χ4v) is 3.52. The number of urea groups is 1. The van der Waals surface area contributed by atoms with Crippen molar-refractivity contribution in [2.75, 3.05) is 22.7 Å². The van der Waals surface area contributed by atoms with Crippen LogP contribution in [-0.2, 0) is 11.2 Å². The van der Waals surface area contributed by atoms with Crippen molar-refractivity contribution >= 4 is 28.9 Å². The second kappa shape index (κ2) is 10.8. The molecule has 0 radical (unpaired) electrons. The van der Waals surface area contributed by atoms with Gasteiger partial charge in [0, 0.05) is 36.7 Å². The largest absolute Gasteiger partial charge is 0.323 e. The smallest absolute Gasteiger partial charge is 0.308 e. The van der Waals surface area contributed by atoms with Crippen molar-refractivity contribution in [2.45, 2.75) is 52.9 Å². The lowest BCUT2D eigenvalue weighted by Crippen LogP contribution is -2.38. The number of Topliss-reactive ketones (excluding diaryl/α,β-unsaturated/α-hetero) is 1. The van der Waals surface area contributed by atoms with Gasteiger partial charge in [-0.05, 0) is 74.6 Å². The van der Waals surface area contributed by atoms with E-state index in [2.05, 4.69) is 29.2 Å². The molecule has 0 fully saturated rings. The molecule has 0 aromatic heterocycles. The Labute approximate surface area is 190 Å². The molecule has 2 aromatic rings. The van der Waals surface area contributed by atoms with Crippen molar-refractivity contribution in [3.63, 3.8) is 0 Å². The summed E-state index contributed by atoms with van der Waals surface area (Å²) < 4.78 is 0. The van der Waals surface area contributed by atoms with Crippen LogP contribution in [0, 0.1) is 6.92 Å². The molecule has 2 aromatic carbocycles. The van der Waals surface area contributed by atoms with E-state index in [1.807, 2.05) is 66.6 Å². The molecule has 0 unspecified atom stereocenters. The molecule has 0 saturated carbocycles. The zero-order chi connectivity index (χ0) is 23.1. The standard InChI is InChI=1S/C25H33N5O2/c1-5-6-7-22-17-30(29(4)28-22)23-14-12-21(13-15-23)26-25(32)27-24-16-20(10-8-18(24)2)11-9-19(3)31/h8,10,12-17,28H,5-7,9,11H2,1-4H3,(H2,26,27,32). The van der Waals surface area contributed by atoms with Gasteiger partial charge in [-0.2, -0.15) is 0 Å². The van der Waals surface area contributed by atoms with Gasteiger partial charge in [-0.15, -0.1) is 5.12 Å². The quantitative estimate of drug-likeness (QED) is 0.494. The monoisotopic (exact) mass is 435 g/mol. The summed E-state index contributed by atoms with van der Waals surface area (Å²) in [5, 5.41) is 9.79. The molecule has 32 heavy (non-hydrogen) atoms. The van der Waals surface area contributed by atoms with Gasteiger partial charge in [-0.1, -0.05) is 25.5 Å². The molecular weight excluding hydrogens is 402 g/mol. The number of anilines is 3. The fourth-order valence-electron chi connectivity index (χ4n) is 3.52. The topological polar surface area (TPSA) is 76.7 Å². The first-order valence-corrected chi connectivity index (χ1v) is 11.1. The number of unbranched alkanes of at least 4 members (excludes halogenated alkanes) is 1. The minimum Gasteiger partial charge on any atom is -0.308 e. The van der Waals surface area contributed by atoms with Crippen LogP contribution in [0.1, 0.15) is 50.7 Å². The number of ketones is 1. The van der Waals surface area contributed by atoms with E-state index in [-0.39, 0.29) is 11.8 Å². The molecule has 1 aliphatic rings. The van der Waals surface area contributed by atoms with E-state index in [0.29, 0.717) is 18.5 Å². The number of allylic oxidation sites excluding steroid dienone is 1. The highest BCUT2D eigenvalue weighted by molar-refractivity contribution is 6.00. The van der Waals surface area contributed by atoms with E-state index >= 15 is 0 Å². The fraction of sp³-hybridized carbons (Fsp3) is 0.360. The van der Waals surface area contributed by atoms with Gasteiger partial charge in [0.15, 0.2) is 0 Å². The average Bonchev–Trinajstić information content (AvgIpc) is 3.13. The van der Waals surface area contributed by atoms with Crippen molar-refractivity contribution < 1.29 is 9.59 Å². The summed E-state index contributed by atoms with van der Waals surface area (Å²) in [4.78, 5) is 23.8. The van der Waals surface area contributed by atoms with E-state index in [4.69, 9.17) is 0 Å². The van der Waals surface area contributed by atoms with Crippen molar-refractivity contribution in [3.8, 4) is 0 Å². The number of carbonyl (C=O) groups is 2. The second-order valence-electron chi connectivity index (χ2n) is 8.22. The van der Waals surface area contributed by atoms with Crippen LogP contribution in [0.3, 0.4) is 0 Å². The maximum absolute atomic E-state index is 12.5. The van der Waals surface area contributed by atoms with Gasteiger partial charge in [0.2, 0.25) is 0 Å². The van der Waals surface area contributed by atoms with Gasteiger partial charge >= 0.3 is 6.03 Å². The number of hydrazine groups is 2. The third-order valence-corrected chi connectivity index (χ3v) is 5.41. The van der Waals surface area contributed by atoms with Gasteiger partial charge < -0.3 is 20.9 Å². The average molecular weight is 436 g/mol. The molecule has 7 nitrogen and oxygen atoms in total. The first-order valence-electron chi connectivity index (χ1n) is 11.1. The number of benzene rings is 2. The lowest BCUT2D eigenvalue weighted by Gasteiger charge is -2.24. The molecular formula is C25H33N5O2. The number of rotatable bonds is 9. The van der Waals surface area contributed by atoms with Crippen LogP contribution in [0.5, 0.6) is 0 Å². The second-order valence-corrected chi connectivity index (χ2v) is 8.22. The number of nitrogens with one attached hydrogen (secondary N) is 3. The highest BCUT2D eigenvalue weighted by Gasteiger charge is 2.18. The summed E-state index contributed by atoms with van der Waals surface area (Å²) in [5.74, 6) is 0.157. The Balaban J connectivity index is 1.60. The lowest BCUT2D eigenvalue weighted by atomic mass is 10.0. The summed E-state index contributed by atoms with van der Waals surface area (Å²) in [6.45, 7) is 5.72. The Morgan fingerprint density at radius 3 is 2.47 bits per heavy atom. The number of hydrogen-bond donors (Lipinski definition) is 3. The lowest BCUT2D eigenvalue weighted by molar-refractivity contribution is -0.116. The predicted molar refractivity (Wildman–Crippen MR) is 130 cm³/mol. The van der Waals surface area contributed by atoms with E-state index in [9.17, 15) is 9.59 Å². The van der Waals surface area contributed by atoms with Crippen LogP contribution >= 0.6 is 0 Å².